The standard InChI is InChI=1S/C13H23N3O2/c1-9(2)15-7-5-13(6-8-15)11(17)16(10(3)4)12(18)14-13/h9-10H,5-8H2,1-4H3,(H,14,18). The highest BCUT2D eigenvalue weighted by Crippen LogP contribution is 2.31. The average Bonchev–Trinajstić information content (AvgIpc) is 2.51. The molecule has 5 heteroatoms. The number of rotatable bonds is 2. The molecular weight excluding hydrogens is 230 g/mol. The van der Waals surface area contributed by atoms with Crippen molar-refractivity contribution in [3.8, 4) is 0 Å². The van der Waals surface area contributed by atoms with E-state index in [0.717, 1.165) is 25.9 Å². The maximum absolute atomic E-state index is 12.4. The van der Waals surface area contributed by atoms with Gasteiger partial charge in [-0.1, -0.05) is 0 Å². The van der Waals surface area contributed by atoms with Gasteiger partial charge in [-0.05, 0) is 40.5 Å². The number of likely N-dealkylation sites (tertiary alicyclic amines) is 1. The summed E-state index contributed by atoms with van der Waals surface area (Å²) in [6, 6.07) is 0.198. The molecule has 2 fully saturated rings. The SMILES string of the molecule is CC(C)N1CCC2(CC1)NC(=O)N(C(C)C)C2=O. The Hall–Kier alpha value is -1.10. The van der Waals surface area contributed by atoms with Crippen LogP contribution in [-0.2, 0) is 4.79 Å². The van der Waals surface area contributed by atoms with Gasteiger partial charge >= 0.3 is 6.03 Å². The monoisotopic (exact) mass is 253 g/mol. The molecule has 0 bridgehead atoms. The van der Waals surface area contributed by atoms with Crippen LogP contribution in [-0.4, -0.2) is 52.5 Å². The molecule has 0 aromatic rings. The Morgan fingerprint density at radius 3 is 2.00 bits per heavy atom. The smallest absolute Gasteiger partial charge is 0.323 e. The number of carbonyl (C=O) groups is 2. The van der Waals surface area contributed by atoms with Crippen molar-refractivity contribution in [1.82, 2.24) is 15.1 Å². The van der Waals surface area contributed by atoms with Crippen LogP contribution in [0.25, 0.3) is 0 Å². The molecule has 3 amide bonds. The Morgan fingerprint density at radius 1 is 1.06 bits per heavy atom. The van der Waals surface area contributed by atoms with Gasteiger partial charge in [0.15, 0.2) is 0 Å². The fourth-order valence-corrected chi connectivity index (χ4v) is 2.87. The molecule has 1 N–H and O–H groups in total. The maximum Gasteiger partial charge on any atom is 0.325 e. The predicted octanol–water partition coefficient (Wildman–Crippen LogP) is 1.19. The summed E-state index contributed by atoms with van der Waals surface area (Å²) >= 11 is 0. The van der Waals surface area contributed by atoms with Crippen LogP contribution < -0.4 is 5.32 Å². The Kier molecular flexibility index (Phi) is 3.36. The number of nitrogens with zero attached hydrogens (tertiary/aromatic N) is 2. The molecule has 5 nitrogen and oxygen atoms in total. The van der Waals surface area contributed by atoms with E-state index in [1.54, 1.807) is 0 Å². The van der Waals surface area contributed by atoms with Crippen molar-refractivity contribution in [2.24, 2.45) is 0 Å². The van der Waals surface area contributed by atoms with E-state index in [-0.39, 0.29) is 18.0 Å². The van der Waals surface area contributed by atoms with Gasteiger partial charge in [0.1, 0.15) is 5.54 Å². The van der Waals surface area contributed by atoms with Crippen molar-refractivity contribution < 1.29 is 9.59 Å². The van der Waals surface area contributed by atoms with E-state index in [2.05, 4.69) is 24.1 Å². The number of amides is 3. The Labute approximate surface area is 108 Å². The molecule has 2 saturated heterocycles. The topological polar surface area (TPSA) is 52.7 Å². The van der Waals surface area contributed by atoms with E-state index >= 15 is 0 Å². The number of imide groups is 1. The minimum Gasteiger partial charge on any atom is -0.323 e. The summed E-state index contributed by atoms with van der Waals surface area (Å²) in [5.74, 6) is -0.0362. The van der Waals surface area contributed by atoms with Crippen molar-refractivity contribution >= 4 is 11.9 Å². The van der Waals surface area contributed by atoms with E-state index in [0.29, 0.717) is 6.04 Å². The zero-order valence-electron chi connectivity index (χ0n) is 11.7. The molecule has 0 aromatic heterocycles. The lowest BCUT2D eigenvalue weighted by Crippen LogP contribution is -2.56. The molecule has 0 atom stereocenters. The van der Waals surface area contributed by atoms with Crippen LogP contribution in [0.4, 0.5) is 4.79 Å². The molecule has 0 aliphatic carbocycles. The van der Waals surface area contributed by atoms with Gasteiger partial charge in [0.25, 0.3) is 5.91 Å². The third-order valence-corrected chi connectivity index (χ3v) is 4.09. The fraction of sp³-hybridized carbons (Fsp3) is 0.846. The van der Waals surface area contributed by atoms with Gasteiger partial charge in [-0.25, -0.2) is 4.79 Å². The normalized spacial score (nSPS) is 24.4. The van der Waals surface area contributed by atoms with Crippen LogP contribution in [0, 0.1) is 0 Å². The Balaban J connectivity index is 2.11. The summed E-state index contributed by atoms with van der Waals surface area (Å²) in [4.78, 5) is 28.0. The number of piperidine rings is 1. The maximum atomic E-state index is 12.4. The summed E-state index contributed by atoms with van der Waals surface area (Å²) in [7, 11) is 0. The fourth-order valence-electron chi connectivity index (χ4n) is 2.87. The van der Waals surface area contributed by atoms with Crippen LogP contribution in [0.15, 0.2) is 0 Å². The van der Waals surface area contributed by atoms with Crippen LogP contribution in [0.3, 0.4) is 0 Å². The predicted molar refractivity (Wildman–Crippen MR) is 69.2 cm³/mol. The van der Waals surface area contributed by atoms with Crippen molar-refractivity contribution in [2.75, 3.05) is 13.1 Å². The average molecular weight is 253 g/mol. The largest absolute Gasteiger partial charge is 0.325 e. The van der Waals surface area contributed by atoms with Crippen molar-refractivity contribution in [3.05, 3.63) is 0 Å². The first-order chi connectivity index (χ1) is 8.37. The number of hydrogen-bond donors (Lipinski definition) is 1. The third kappa shape index (κ3) is 2.00. The molecule has 18 heavy (non-hydrogen) atoms. The lowest BCUT2D eigenvalue weighted by molar-refractivity contribution is -0.134. The van der Waals surface area contributed by atoms with Crippen molar-refractivity contribution in [3.63, 3.8) is 0 Å². The molecule has 2 aliphatic heterocycles. The second-order valence-electron chi connectivity index (χ2n) is 5.91. The van der Waals surface area contributed by atoms with Crippen LogP contribution in [0.2, 0.25) is 0 Å². The van der Waals surface area contributed by atoms with Crippen molar-refractivity contribution in [1.29, 1.82) is 0 Å². The highest BCUT2D eigenvalue weighted by Gasteiger charge is 2.52. The van der Waals surface area contributed by atoms with Gasteiger partial charge in [-0.2, -0.15) is 0 Å². The number of nitrogens with one attached hydrogen (secondary N) is 1. The summed E-state index contributed by atoms with van der Waals surface area (Å²) in [5.41, 5.74) is -0.632. The lowest BCUT2D eigenvalue weighted by atomic mass is 9.87. The van der Waals surface area contributed by atoms with Gasteiger partial charge in [0.2, 0.25) is 0 Å². The number of hydrogen-bond acceptors (Lipinski definition) is 3. The first-order valence-electron chi connectivity index (χ1n) is 6.77. The van der Waals surface area contributed by atoms with E-state index < -0.39 is 5.54 Å². The Bertz CT molecular complexity index is 357. The van der Waals surface area contributed by atoms with Gasteiger partial charge in [0, 0.05) is 25.2 Å². The second-order valence-corrected chi connectivity index (χ2v) is 5.91. The first-order valence-corrected chi connectivity index (χ1v) is 6.77. The minimum absolute atomic E-state index is 0.0362. The van der Waals surface area contributed by atoms with E-state index in [9.17, 15) is 9.59 Å². The molecule has 0 saturated carbocycles. The minimum atomic E-state index is -0.632. The quantitative estimate of drug-likeness (QED) is 0.752. The summed E-state index contributed by atoms with van der Waals surface area (Å²) < 4.78 is 0. The van der Waals surface area contributed by atoms with Crippen LogP contribution in [0.1, 0.15) is 40.5 Å². The van der Waals surface area contributed by atoms with Gasteiger partial charge < -0.3 is 10.2 Å². The first kappa shape index (κ1) is 13.3. The lowest BCUT2D eigenvalue weighted by Gasteiger charge is -2.39. The highest BCUT2D eigenvalue weighted by atomic mass is 16.2. The van der Waals surface area contributed by atoms with E-state index in [1.165, 1.54) is 4.90 Å². The van der Waals surface area contributed by atoms with Gasteiger partial charge in [0.05, 0.1) is 0 Å². The summed E-state index contributed by atoms with van der Waals surface area (Å²) in [5, 5.41) is 2.92. The summed E-state index contributed by atoms with van der Waals surface area (Å²) in [6.07, 6.45) is 1.44. The molecule has 2 heterocycles. The molecule has 102 valence electrons. The zero-order chi connectivity index (χ0) is 13.5. The van der Waals surface area contributed by atoms with Gasteiger partial charge in [-0.15, -0.1) is 0 Å². The number of urea groups is 1. The second kappa shape index (κ2) is 4.53. The summed E-state index contributed by atoms with van der Waals surface area (Å²) in [6.45, 7) is 9.81. The Morgan fingerprint density at radius 2 is 1.61 bits per heavy atom. The molecule has 0 radical (unpaired) electrons. The van der Waals surface area contributed by atoms with Crippen LogP contribution in [0.5, 0.6) is 0 Å². The highest BCUT2D eigenvalue weighted by molar-refractivity contribution is 6.07. The molecule has 0 aromatic carbocycles. The molecule has 0 unspecified atom stereocenters. The third-order valence-electron chi connectivity index (χ3n) is 4.09. The molecule has 1 spiro atoms. The van der Waals surface area contributed by atoms with E-state index in [4.69, 9.17) is 0 Å². The van der Waals surface area contributed by atoms with E-state index in [1.807, 2.05) is 13.8 Å². The number of carbonyl (C=O) groups excluding carboxylic acids is 2. The van der Waals surface area contributed by atoms with Crippen molar-refractivity contribution in [2.45, 2.75) is 58.2 Å². The zero-order valence-corrected chi connectivity index (χ0v) is 11.7. The molecule has 2 aliphatic rings. The van der Waals surface area contributed by atoms with Gasteiger partial charge in [-0.3, -0.25) is 9.69 Å². The molecular formula is C13H23N3O2. The van der Waals surface area contributed by atoms with Crippen LogP contribution >= 0.6 is 0 Å². The molecule has 2 rings (SSSR count).